The SMILES string of the molecule is O=C(COc1ccc(F)cc1F)Nc1ccc(-c2nc3ccccc3o2)cc1. The molecule has 0 aliphatic rings. The zero-order valence-electron chi connectivity index (χ0n) is 14.5. The zero-order valence-corrected chi connectivity index (χ0v) is 14.5. The highest BCUT2D eigenvalue weighted by atomic mass is 19.1. The van der Waals surface area contributed by atoms with Crippen LogP contribution in [0.15, 0.2) is 71.1 Å². The highest BCUT2D eigenvalue weighted by Gasteiger charge is 2.10. The maximum atomic E-state index is 13.5. The minimum Gasteiger partial charge on any atom is -0.481 e. The van der Waals surface area contributed by atoms with Crippen LogP contribution >= 0.6 is 0 Å². The largest absolute Gasteiger partial charge is 0.481 e. The number of ether oxygens (including phenoxy) is 1. The van der Waals surface area contributed by atoms with Gasteiger partial charge in [-0.25, -0.2) is 13.8 Å². The average molecular weight is 380 g/mol. The van der Waals surface area contributed by atoms with E-state index in [2.05, 4.69) is 10.3 Å². The highest BCUT2D eigenvalue weighted by Crippen LogP contribution is 2.25. The second kappa shape index (κ2) is 7.48. The van der Waals surface area contributed by atoms with Crippen LogP contribution in [0.5, 0.6) is 5.75 Å². The number of carbonyl (C=O) groups excluding carboxylic acids is 1. The molecule has 0 bridgehead atoms. The number of rotatable bonds is 5. The molecule has 0 atom stereocenters. The van der Waals surface area contributed by atoms with Crippen molar-refractivity contribution in [2.75, 3.05) is 11.9 Å². The molecule has 5 nitrogen and oxygen atoms in total. The lowest BCUT2D eigenvalue weighted by atomic mass is 10.2. The van der Waals surface area contributed by atoms with E-state index in [9.17, 15) is 13.6 Å². The number of oxazole rings is 1. The minimum absolute atomic E-state index is 0.192. The van der Waals surface area contributed by atoms with Gasteiger partial charge >= 0.3 is 0 Å². The molecule has 0 saturated carbocycles. The van der Waals surface area contributed by atoms with Crippen LogP contribution in [0.1, 0.15) is 0 Å². The van der Waals surface area contributed by atoms with Crippen LogP contribution in [-0.4, -0.2) is 17.5 Å². The number of nitrogens with one attached hydrogen (secondary N) is 1. The molecule has 1 heterocycles. The van der Waals surface area contributed by atoms with Crippen molar-refractivity contribution in [3.05, 3.63) is 78.4 Å². The smallest absolute Gasteiger partial charge is 0.262 e. The molecule has 0 aliphatic heterocycles. The van der Waals surface area contributed by atoms with Gasteiger partial charge in [-0.3, -0.25) is 4.79 Å². The van der Waals surface area contributed by atoms with Gasteiger partial charge in [-0.05, 0) is 48.5 Å². The van der Waals surface area contributed by atoms with Crippen molar-refractivity contribution >= 4 is 22.7 Å². The van der Waals surface area contributed by atoms with Gasteiger partial charge in [0.15, 0.2) is 23.8 Å². The van der Waals surface area contributed by atoms with E-state index in [1.165, 1.54) is 0 Å². The Morgan fingerprint density at radius 1 is 1.04 bits per heavy atom. The van der Waals surface area contributed by atoms with E-state index in [0.717, 1.165) is 23.2 Å². The number of hydrogen-bond donors (Lipinski definition) is 1. The van der Waals surface area contributed by atoms with Crippen LogP contribution in [0.25, 0.3) is 22.6 Å². The van der Waals surface area contributed by atoms with E-state index in [4.69, 9.17) is 9.15 Å². The van der Waals surface area contributed by atoms with E-state index < -0.39 is 24.1 Å². The van der Waals surface area contributed by atoms with E-state index in [0.29, 0.717) is 23.2 Å². The summed E-state index contributed by atoms with van der Waals surface area (Å²) in [7, 11) is 0. The van der Waals surface area contributed by atoms with Gasteiger partial charge in [0.05, 0.1) is 0 Å². The molecule has 3 aromatic carbocycles. The lowest BCUT2D eigenvalue weighted by Gasteiger charge is -2.08. The molecule has 1 N–H and O–H groups in total. The maximum absolute atomic E-state index is 13.5. The summed E-state index contributed by atoms with van der Waals surface area (Å²) in [5.74, 6) is -1.76. The molecule has 0 unspecified atom stereocenters. The first-order chi connectivity index (χ1) is 13.6. The number of amides is 1. The topological polar surface area (TPSA) is 64.4 Å². The molecule has 7 heteroatoms. The molecule has 0 aliphatic carbocycles. The third kappa shape index (κ3) is 3.83. The number of para-hydroxylation sites is 2. The Labute approximate surface area is 158 Å². The predicted octanol–water partition coefficient (Wildman–Crippen LogP) is 4.79. The van der Waals surface area contributed by atoms with Crippen LogP contribution in [-0.2, 0) is 4.79 Å². The van der Waals surface area contributed by atoms with Gasteiger partial charge in [-0.15, -0.1) is 0 Å². The third-order valence-electron chi connectivity index (χ3n) is 3.96. The van der Waals surface area contributed by atoms with Gasteiger partial charge in [-0.1, -0.05) is 12.1 Å². The van der Waals surface area contributed by atoms with Gasteiger partial charge in [0.25, 0.3) is 5.91 Å². The Bertz CT molecular complexity index is 1110. The van der Waals surface area contributed by atoms with Gasteiger partial charge < -0.3 is 14.5 Å². The first-order valence-corrected chi connectivity index (χ1v) is 8.42. The van der Waals surface area contributed by atoms with Gasteiger partial charge in [0, 0.05) is 17.3 Å². The number of benzene rings is 3. The van der Waals surface area contributed by atoms with Crippen LogP contribution in [0.3, 0.4) is 0 Å². The summed E-state index contributed by atoms with van der Waals surface area (Å²) >= 11 is 0. The van der Waals surface area contributed by atoms with Crippen LogP contribution in [0.4, 0.5) is 14.5 Å². The zero-order chi connectivity index (χ0) is 19.5. The van der Waals surface area contributed by atoms with Gasteiger partial charge in [0.1, 0.15) is 11.3 Å². The van der Waals surface area contributed by atoms with Crippen LogP contribution in [0.2, 0.25) is 0 Å². The van der Waals surface area contributed by atoms with Crippen molar-refractivity contribution in [2.24, 2.45) is 0 Å². The van der Waals surface area contributed by atoms with Gasteiger partial charge in [0.2, 0.25) is 5.89 Å². The summed E-state index contributed by atoms with van der Waals surface area (Å²) in [4.78, 5) is 16.4. The quantitative estimate of drug-likeness (QED) is 0.541. The maximum Gasteiger partial charge on any atom is 0.262 e. The monoisotopic (exact) mass is 380 g/mol. The summed E-state index contributed by atoms with van der Waals surface area (Å²) in [6.45, 7) is -0.407. The second-order valence-electron chi connectivity index (χ2n) is 5.98. The van der Waals surface area contributed by atoms with Crippen molar-refractivity contribution in [2.45, 2.75) is 0 Å². The molecule has 0 spiro atoms. The number of hydrogen-bond acceptors (Lipinski definition) is 4. The van der Waals surface area contributed by atoms with Crippen LogP contribution in [0, 0.1) is 11.6 Å². The highest BCUT2D eigenvalue weighted by molar-refractivity contribution is 5.92. The first-order valence-electron chi connectivity index (χ1n) is 8.42. The molecule has 1 aromatic heterocycles. The standard InChI is InChI=1S/C21H14F2N2O3/c22-14-7-10-18(16(23)11-14)27-12-20(26)24-15-8-5-13(6-9-15)21-25-17-3-1-2-4-19(17)28-21/h1-11H,12H2,(H,24,26). The predicted molar refractivity (Wildman–Crippen MR) is 99.9 cm³/mol. The Morgan fingerprint density at radius 3 is 2.57 bits per heavy atom. The Hall–Kier alpha value is -3.74. The summed E-state index contributed by atoms with van der Waals surface area (Å²) in [6.07, 6.45) is 0. The van der Waals surface area contributed by atoms with Gasteiger partial charge in [-0.2, -0.15) is 0 Å². The van der Waals surface area contributed by atoms with Crippen molar-refractivity contribution in [3.8, 4) is 17.2 Å². The van der Waals surface area contributed by atoms with E-state index in [1.54, 1.807) is 24.3 Å². The van der Waals surface area contributed by atoms with Crippen LogP contribution < -0.4 is 10.1 Å². The first kappa shape index (κ1) is 17.7. The van der Waals surface area contributed by atoms with Crippen molar-refractivity contribution in [1.82, 2.24) is 4.98 Å². The van der Waals surface area contributed by atoms with E-state index in [-0.39, 0.29) is 5.75 Å². The lowest BCUT2D eigenvalue weighted by molar-refractivity contribution is -0.118. The van der Waals surface area contributed by atoms with Crippen molar-refractivity contribution in [1.29, 1.82) is 0 Å². The summed E-state index contributed by atoms with van der Waals surface area (Å²) < 4.78 is 37.1. The van der Waals surface area contributed by atoms with Crippen molar-refractivity contribution in [3.63, 3.8) is 0 Å². The van der Waals surface area contributed by atoms with E-state index in [1.807, 2.05) is 24.3 Å². The minimum atomic E-state index is -0.865. The molecule has 1 amide bonds. The van der Waals surface area contributed by atoms with Crippen molar-refractivity contribution < 1.29 is 22.7 Å². The summed E-state index contributed by atoms with van der Waals surface area (Å²) in [5.41, 5.74) is 2.76. The number of fused-ring (bicyclic) bond motifs is 1. The molecule has 0 saturated heterocycles. The molecule has 0 fully saturated rings. The lowest BCUT2D eigenvalue weighted by Crippen LogP contribution is -2.20. The Kier molecular flexibility index (Phi) is 4.72. The molecule has 0 radical (unpaired) electrons. The number of halogens is 2. The molecule has 4 aromatic rings. The summed E-state index contributed by atoms with van der Waals surface area (Å²) in [5, 5.41) is 2.64. The Balaban J connectivity index is 1.39. The number of aromatic nitrogens is 1. The molecule has 4 rings (SSSR count). The fourth-order valence-electron chi connectivity index (χ4n) is 2.62. The fraction of sp³-hybridized carbons (Fsp3) is 0.0476. The number of nitrogens with zero attached hydrogens (tertiary/aromatic N) is 1. The number of carbonyl (C=O) groups is 1. The third-order valence-corrected chi connectivity index (χ3v) is 3.96. The summed E-state index contributed by atoms with van der Waals surface area (Å²) in [6, 6.07) is 17.3. The second-order valence-corrected chi connectivity index (χ2v) is 5.98. The normalized spacial score (nSPS) is 10.8. The average Bonchev–Trinajstić information content (AvgIpc) is 3.12. The molecule has 140 valence electrons. The fourth-order valence-corrected chi connectivity index (χ4v) is 2.62. The van der Waals surface area contributed by atoms with E-state index >= 15 is 0 Å². The number of anilines is 1. The molecule has 28 heavy (non-hydrogen) atoms. The Morgan fingerprint density at radius 2 is 1.82 bits per heavy atom. The molecular weight excluding hydrogens is 366 g/mol. The molecular formula is C21H14F2N2O3.